The van der Waals surface area contributed by atoms with Gasteiger partial charge in [-0.15, -0.1) is 0 Å². The number of allylic oxidation sites excluding steroid dienone is 8. The van der Waals surface area contributed by atoms with Crippen LogP contribution in [0.25, 0.3) is 0 Å². The molecule has 0 aromatic carbocycles. The van der Waals surface area contributed by atoms with Gasteiger partial charge in [0.1, 0.15) is 0 Å². The van der Waals surface area contributed by atoms with E-state index in [0.29, 0.717) is 0 Å². The summed E-state index contributed by atoms with van der Waals surface area (Å²) < 4.78 is 13.6. The summed E-state index contributed by atoms with van der Waals surface area (Å²) in [6.07, 6.45) is 54.3. The zero-order valence-electron chi connectivity index (χ0n) is 32.3. The summed E-state index contributed by atoms with van der Waals surface area (Å²) in [5.41, 5.74) is 0. The maximum Gasteiger partial charge on any atom is 0.169 e. The number of unbranched alkanes of at least 4 members (excludes halogenated alkanes) is 18. The van der Waals surface area contributed by atoms with Gasteiger partial charge in [0, 0.05) is 39.8 Å². The highest BCUT2D eigenvalue weighted by Gasteiger charge is 2.51. The van der Waals surface area contributed by atoms with E-state index in [1.165, 1.54) is 141 Å². The molecule has 3 atom stereocenters. The maximum atomic E-state index is 6.79. The summed E-state index contributed by atoms with van der Waals surface area (Å²) in [5, 5.41) is 1.83. The van der Waals surface area contributed by atoms with Crippen molar-refractivity contribution in [2.75, 3.05) is 14.1 Å². The Hall–Kier alpha value is -1.20. The smallest absolute Gasteiger partial charge is 0.169 e. The molecule has 1 aliphatic heterocycles. The van der Waals surface area contributed by atoms with E-state index in [1.807, 2.05) is 19.2 Å². The number of hydrogen-bond acceptors (Lipinski definition) is 4. The molecule has 4 nitrogen and oxygen atoms in total. The van der Waals surface area contributed by atoms with Gasteiger partial charge >= 0.3 is 0 Å². The highest BCUT2D eigenvalue weighted by molar-refractivity contribution is 4.95. The van der Waals surface area contributed by atoms with Crippen LogP contribution >= 0.6 is 0 Å². The van der Waals surface area contributed by atoms with Crippen LogP contribution in [0.3, 0.4) is 0 Å². The normalized spacial score (nSPS) is 23.0. The van der Waals surface area contributed by atoms with Gasteiger partial charge in [-0.25, -0.2) is 0 Å². The SMILES string of the molecule is CCCCCC=CCC=CCCCCCCCCC1(CCCCCCCCC=CCC=CCCCCC)O[C@H]2CC(ON(C)C)C[C@H]2O1. The van der Waals surface area contributed by atoms with Gasteiger partial charge in [0.15, 0.2) is 5.79 Å². The number of fused-ring (bicyclic) bond motifs is 1. The zero-order chi connectivity index (χ0) is 34.4. The molecular weight excluding hydrogens is 590 g/mol. The molecule has 0 aromatic rings. The molecule has 1 heterocycles. The molecule has 1 aliphatic carbocycles. The van der Waals surface area contributed by atoms with Crippen molar-refractivity contribution in [3.05, 3.63) is 48.6 Å². The topological polar surface area (TPSA) is 30.9 Å². The van der Waals surface area contributed by atoms with Crippen molar-refractivity contribution in [1.29, 1.82) is 0 Å². The first-order chi connectivity index (χ1) is 23.6. The van der Waals surface area contributed by atoms with E-state index in [9.17, 15) is 0 Å². The van der Waals surface area contributed by atoms with Crippen LogP contribution in [0.4, 0.5) is 0 Å². The van der Waals surface area contributed by atoms with Crippen LogP contribution in [0, 0.1) is 0 Å². The molecule has 0 aromatic heterocycles. The fourth-order valence-corrected chi connectivity index (χ4v) is 7.26. The zero-order valence-corrected chi connectivity index (χ0v) is 32.3. The third-order valence-electron chi connectivity index (χ3n) is 10.0. The first-order valence-corrected chi connectivity index (χ1v) is 20.9. The minimum atomic E-state index is -0.358. The average Bonchev–Trinajstić information content (AvgIpc) is 3.59. The summed E-state index contributed by atoms with van der Waals surface area (Å²) in [4.78, 5) is 5.96. The Morgan fingerprint density at radius 2 is 0.854 bits per heavy atom. The number of hydroxylamine groups is 2. The van der Waals surface area contributed by atoms with Crippen LogP contribution in [-0.2, 0) is 14.3 Å². The van der Waals surface area contributed by atoms with E-state index in [2.05, 4.69) is 62.5 Å². The van der Waals surface area contributed by atoms with E-state index in [0.717, 1.165) is 38.5 Å². The number of ether oxygens (including phenoxy) is 2. The van der Waals surface area contributed by atoms with Gasteiger partial charge < -0.3 is 9.47 Å². The molecule has 1 unspecified atom stereocenters. The van der Waals surface area contributed by atoms with Gasteiger partial charge in [-0.3, -0.25) is 4.84 Å². The van der Waals surface area contributed by atoms with Crippen LogP contribution in [0.5, 0.6) is 0 Å². The Bertz CT molecular complexity index is 782. The van der Waals surface area contributed by atoms with Crippen molar-refractivity contribution < 1.29 is 14.3 Å². The second-order valence-corrected chi connectivity index (χ2v) is 14.9. The molecule has 2 aliphatic rings. The van der Waals surface area contributed by atoms with Crippen LogP contribution in [0.15, 0.2) is 48.6 Å². The van der Waals surface area contributed by atoms with Gasteiger partial charge in [0.25, 0.3) is 0 Å². The number of nitrogens with zero attached hydrogens (tertiary/aromatic N) is 1. The molecule has 0 N–H and O–H groups in total. The molecule has 0 radical (unpaired) electrons. The molecule has 2 rings (SSSR count). The van der Waals surface area contributed by atoms with E-state index in [4.69, 9.17) is 14.3 Å². The average molecular weight is 670 g/mol. The third kappa shape index (κ3) is 21.8. The fraction of sp³-hybridized carbons (Fsp3) is 0.818. The van der Waals surface area contributed by atoms with Crippen molar-refractivity contribution in [1.82, 2.24) is 5.06 Å². The molecule has 278 valence electrons. The molecule has 0 amide bonds. The van der Waals surface area contributed by atoms with E-state index in [1.54, 1.807) is 0 Å². The summed E-state index contributed by atoms with van der Waals surface area (Å²) in [6.45, 7) is 4.54. The van der Waals surface area contributed by atoms with Gasteiger partial charge in [-0.05, 0) is 77.0 Å². The van der Waals surface area contributed by atoms with Crippen LogP contribution < -0.4 is 0 Å². The Morgan fingerprint density at radius 3 is 1.23 bits per heavy atom. The molecule has 4 heteroatoms. The lowest BCUT2D eigenvalue weighted by Crippen LogP contribution is -2.33. The van der Waals surface area contributed by atoms with Crippen molar-refractivity contribution in [2.45, 2.75) is 218 Å². The first kappa shape index (κ1) is 43.0. The van der Waals surface area contributed by atoms with Gasteiger partial charge in [0.05, 0.1) is 18.3 Å². The van der Waals surface area contributed by atoms with Crippen LogP contribution in [-0.4, -0.2) is 43.3 Å². The van der Waals surface area contributed by atoms with E-state index < -0.39 is 0 Å². The lowest BCUT2D eigenvalue weighted by atomic mass is 9.98. The van der Waals surface area contributed by atoms with Crippen molar-refractivity contribution in [2.24, 2.45) is 0 Å². The molecule has 0 bridgehead atoms. The first-order valence-electron chi connectivity index (χ1n) is 20.9. The van der Waals surface area contributed by atoms with Crippen LogP contribution in [0.2, 0.25) is 0 Å². The monoisotopic (exact) mass is 670 g/mol. The number of hydrogen-bond donors (Lipinski definition) is 0. The second-order valence-electron chi connectivity index (χ2n) is 14.9. The summed E-state index contributed by atoms with van der Waals surface area (Å²) in [5.74, 6) is -0.358. The van der Waals surface area contributed by atoms with E-state index >= 15 is 0 Å². The van der Waals surface area contributed by atoms with Gasteiger partial charge in [-0.2, -0.15) is 5.06 Å². The summed E-state index contributed by atoms with van der Waals surface area (Å²) in [6, 6.07) is 0. The Balaban J connectivity index is 1.57. The third-order valence-corrected chi connectivity index (χ3v) is 10.0. The minimum absolute atomic E-state index is 0.198. The predicted molar refractivity (Wildman–Crippen MR) is 208 cm³/mol. The second kappa shape index (κ2) is 29.5. The predicted octanol–water partition coefficient (Wildman–Crippen LogP) is 13.5. The molecule has 48 heavy (non-hydrogen) atoms. The standard InChI is InChI=1S/C44H79NO3/c1-5-7-9-11-13-15-17-19-21-23-25-27-29-31-33-35-37-44(46-42-39-41(48-45(3)4)40-43(42)47-44)38-36-34-32-30-28-26-24-22-20-18-16-14-12-10-8-6-2/h13-16,19-22,41-43H,5-12,17-18,23-40H2,1-4H3/t41?,42-,43+,44?. The lowest BCUT2D eigenvalue weighted by Gasteiger charge is -2.30. The highest BCUT2D eigenvalue weighted by Crippen LogP contribution is 2.44. The fourth-order valence-electron chi connectivity index (χ4n) is 7.26. The molecule has 0 spiro atoms. The molecule has 1 saturated heterocycles. The van der Waals surface area contributed by atoms with Crippen molar-refractivity contribution >= 4 is 0 Å². The number of rotatable bonds is 32. The largest absolute Gasteiger partial charge is 0.344 e. The Labute approximate surface area is 299 Å². The minimum Gasteiger partial charge on any atom is -0.344 e. The highest BCUT2D eigenvalue weighted by atomic mass is 16.8. The Kier molecular flexibility index (Phi) is 26.4. The van der Waals surface area contributed by atoms with Crippen molar-refractivity contribution in [3.63, 3.8) is 0 Å². The summed E-state index contributed by atoms with van der Waals surface area (Å²) >= 11 is 0. The molecular formula is C44H79NO3. The van der Waals surface area contributed by atoms with Gasteiger partial charge in [-0.1, -0.05) is 140 Å². The Morgan fingerprint density at radius 1 is 0.500 bits per heavy atom. The van der Waals surface area contributed by atoms with E-state index in [-0.39, 0.29) is 24.1 Å². The van der Waals surface area contributed by atoms with Crippen LogP contribution in [0.1, 0.15) is 194 Å². The van der Waals surface area contributed by atoms with Gasteiger partial charge in [0.2, 0.25) is 0 Å². The van der Waals surface area contributed by atoms with Crippen molar-refractivity contribution in [3.8, 4) is 0 Å². The quantitative estimate of drug-likeness (QED) is 0.0405. The maximum absolute atomic E-state index is 6.79. The molecule has 2 fully saturated rings. The molecule has 1 saturated carbocycles. The summed E-state index contributed by atoms with van der Waals surface area (Å²) in [7, 11) is 3.94. The lowest BCUT2D eigenvalue weighted by molar-refractivity contribution is -0.213.